The Bertz CT molecular complexity index is 1350. The highest BCUT2D eigenvalue weighted by molar-refractivity contribution is 7.89. The molecule has 0 spiro atoms. The molecular weight excluding hydrogens is 488 g/mol. The number of rotatable bonds is 7. The van der Waals surface area contributed by atoms with Crippen molar-refractivity contribution in [1.82, 2.24) is 9.62 Å². The van der Waals surface area contributed by atoms with E-state index in [1.165, 1.54) is 13.1 Å². The van der Waals surface area contributed by atoms with Gasteiger partial charge < -0.3 is 10.0 Å². The summed E-state index contributed by atoms with van der Waals surface area (Å²) in [5.74, 6) is -1.72. The predicted molar refractivity (Wildman–Crippen MR) is 137 cm³/mol. The molecule has 7 nitrogen and oxygen atoms in total. The maximum absolute atomic E-state index is 13.6. The number of benzene rings is 2. The molecule has 1 atom stereocenters. The van der Waals surface area contributed by atoms with Crippen molar-refractivity contribution < 1.29 is 23.1 Å². The van der Waals surface area contributed by atoms with Crippen molar-refractivity contribution in [3.63, 3.8) is 0 Å². The first-order chi connectivity index (χ1) is 16.2. The molecule has 3 rings (SSSR count). The minimum atomic E-state index is -4.09. The number of carbonyl (C=O) groups is 2. The molecule has 0 saturated heterocycles. The fraction of sp³-hybridized carbons (Fsp3) is 0.308. The van der Waals surface area contributed by atoms with Crippen LogP contribution in [0, 0.1) is 13.8 Å². The first-order valence-corrected chi connectivity index (χ1v) is 12.9. The summed E-state index contributed by atoms with van der Waals surface area (Å²) in [6.45, 7) is 6.26. The number of carboxylic acids is 1. The number of halogens is 1. The van der Waals surface area contributed by atoms with Crippen molar-refractivity contribution in [1.29, 1.82) is 0 Å². The molecule has 2 N–H and O–H groups in total. The first kappa shape index (κ1) is 26.7. The zero-order valence-electron chi connectivity index (χ0n) is 20.3. The molecule has 0 aromatic heterocycles. The largest absolute Gasteiger partial charge is 0.480 e. The van der Waals surface area contributed by atoms with E-state index in [4.69, 9.17) is 11.6 Å². The SMILES string of the molecule is CC1=C(C(=O)N(C)CC(=O)O)C(C)(NS(=O)(=O)c2cc(C)c(Cl)cc2C)CC(c2ccccc2)=C1. The fourth-order valence-corrected chi connectivity index (χ4v) is 6.39. The Balaban J connectivity index is 2.15. The van der Waals surface area contributed by atoms with Crippen molar-refractivity contribution in [3.8, 4) is 0 Å². The van der Waals surface area contributed by atoms with Crippen LogP contribution in [0.1, 0.15) is 37.0 Å². The number of carbonyl (C=O) groups excluding carboxylic acids is 1. The predicted octanol–water partition coefficient (Wildman–Crippen LogP) is 4.34. The molecule has 1 aliphatic rings. The second kappa shape index (κ2) is 9.97. The zero-order chi connectivity index (χ0) is 26.1. The van der Waals surface area contributed by atoms with Gasteiger partial charge in [0.25, 0.3) is 5.91 Å². The normalized spacial score (nSPS) is 18.3. The van der Waals surface area contributed by atoms with Gasteiger partial charge in [-0.25, -0.2) is 13.1 Å². The Morgan fingerprint density at radius 1 is 1.11 bits per heavy atom. The molecular formula is C26H29ClN2O5S. The number of carboxylic acid groups (broad SMARTS) is 1. The Kier molecular flexibility index (Phi) is 7.59. The molecule has 1 amide bonds. The second-order valence-electron chi connectivity index (χ2n) is 9.13. The number of hydrogen-bond acceptors (Lipinski definition) is 4. The molecule has 0 fully saturated rings. The summed E-state index contributed by atoms with van der Waals surface area (Å²) < 4.78 is 30.1. The first-order valence-electron chi connectivity index (χ1n) is 11.0. The van der Waals surface area contributed by atoms with E-state index >= 15 is 0 Å². The number of nitrogens with zero attached hydrogens (tertiary/aromatic N) is 1. The maximum Gasteiger partial charge on any atom is 0.323 e. The van der Waals surface area contributed by atoms with Gasteiger partial charge in [-0.1, -0.05) is 48.0 Å². The van der Waals surface area contributed by atoms with Gasteiger partial charge in [0.2, 0.25) is 10.0 Å². The number of aryl methyl sites for hydroxylation is 2. The summed E-state index contributed by atoms with van der Waals surface area (Å²) in [5, 5.41) is 9.65. The fourth-order valence-electron chi connectivity index (χ4n) is 4.48. The lowest BCUT2D eigenvalue weighted by molar-refractivity contribution is -0.142. The average molecular weight is 517 g/mol. The van der Waals surface area contributed by atoms with Crippen molar-refractivity contribution in [2.45, 2.75) is 44.6 Å². The number of sulfonamides is 1. The van der Waals surface area contributed by atoms with Gasteiger partial charge in [0.15, 0.2) is 0 Å². The van der Waals surface area contributed by atoms with Crippen LogP contribution in [0.15, 0.2) is 64.6 Å². The van der Waals surface area contributed by atoms with Crippen LogP contribution >= 0.6 is 11.6 Å². The summed E-state index contributed by atoms with van der Waals surface area (Å²) in [6.07, 6.45) is 2.05. The highest BCUT2D eigenvalue weighted by Gasteiger charge is 2.43. The molecule has 0 radical (unpaired) electrons. The van der Waals surface area contributed by atoms with Crippen molar-refractivity contribution in [3.05, 3.63) is 81.4 Å². The van der Waals surface area contributed by atoms with Crippen LogP contribution in [0.5, 0.6) is 0 Å². The van der Waals surface area contributed by atoms with Gasteiger partial charge in [-0.15, -0.1) is 0 Å². The van der Waals surface area contributed by atoms with Gasteiger partial charge in [-0.2, -0.15) is 0 Å². The lowest BCUT2D eigenvalue weighted by atomic mass is 9.76. The minimum absolute atomic E-state index is 0.0692. The van der Waals surface area contributed by atoms with E-state index in [0.29, 0.717) is 21.7 Å². The van der Waals surface area contributed by atoms with Gasteiger partial charge in [0, 0.05) is 17.6 Å². The molecule has 9 heteroatoms. The number of amides is 1. The summed E-state index contributed by atoms with van der Waals surface area (Å²) in [6, 6.07) is 12.6. The van der Waals surface area contributed by atoms with Gasteiger partial charge in [-0.05, 0) is 74.1 Å². The van der Waals surface area contributed by atoms with Crippen LogP contribution in [0.2, 0.25) is 5.02 Å². The molecule has 2 aromatic rings. The van der Waals surface area contributed by atoms with E-state index in [1.54, 1.807) is 33.8 Å². The lowest BCUT2D eigenvalue weighted by Crippen LogP contribution is -2.53. The van der Waals surface area contributed by atoms with E-state index in [-0.39, 0.29) is 16.9 Å². The van der Waals surface area contributed by atoms with Crippen LogP contribution < -0.4 is 4.72 Å². The van der Waals surface area contributed by atoms with Gasteiger partial charge in [0.05, 0.1) is 10.4 Å². The van der Waals surface area contributed by atoms with Crippen LogP contribution in [-0.4, -0.2) is 49.4 Å². The van der Waals surface area contributed by atoms with Gasteiger partial charge in [0.1, 0.15) is 6.54 Å². The molecule has 186 valence electrons. The Morgan fingerprint density at radius 2 is 1.74 bits per heavy atom. The number of hydrogen-bond donors (Lipinski definition) is 2. The van der Waals surface area contributed by atoms with E-state index in [2.05, 4.69) is 4.72 Å². The maximum atomic E-state index is 13.6. The smallest absolute Gasteiger partial charge is 0.323 e. The summed E-state index contributed by atoms with van der Waals surface area (Å²) in [7, 11) is -2.71. The van der Waals surface area contributed by atoms with Gasteiger partial charge >= 0.3 is 5.97 Å². The molecule has 1 unspecified atom stereocenters. The van der Waals surface area contributed by atoms with Crippen LogP contribution in [0.3, 0.4) is 0 Å². The molecule has 2 aromatic carbocycles. The molecule has 0 aliphatic heterocycles. The van der Waals surface area contributed by atoms with Crippen molar-refractivity contribution in [2.75, 3.05) is 13.6 Å². The molecule has 35 heavy (non-hydrogen) atoms. The molecule has 0 heterocycles. The van der Waals surface area contributed by atoms with Crippen LogP contribution in [-0.2, 0) is 19.6 Å². The highest BCUT2D eigenvalue weighted by Crippen LogP contribution is 2.39. The Morgan fingerprint density at radius 3 is 2.34 bits per heavy atom. The van der Waals surface area contributed by atoms with Crippen molar-refractivity contribution in [2.24, 2.45) is 0 Å². The summed E-state index contributed by atoms with van der Waals surface area (Å²) in [4.78, 5) is 25.8. The third kappa shape index (κ3) is 5.66. The standard InChI is InChI=1S/C26H29ClN2O5S/c1-16-13-22(17(2)12-21(16)27)35(33,34)28-26(4)14-20(19-9-7-6-8-10-19)11-18(3)24(26)25(32)29(5)15-23(30)31/h6-13,28H,14-15H2,1-5H3,(H,30,31). The molecule has 0 saturated carbocycles. The zero-order valence-corrected chi connectivity index (χ0v) is 21.9. The number of nitrogens with one attached hydrogen (secondary N) is 1. The molecule has 0 bridgehead atoms. The number of allylic oxidation sites excluding steroid dienone is 2. The summed E-state index contributed by atoms with van der Waals surface area (Å²) in [5.41, 5.74) is 2.27. The highest BCUT2D eigenvalue weighted by atomic mass is 35.5. The van der Waals surface area contributed by atoms with E-state index in [0.717, 1.165) is 16.0 Å². The third-order valence-electron chi connectivity index (χ3n) is 6.06. The Hall–Kier alpha value is -2.94. The summed E-state index contributed by atoms with van der Waals surface area (Å²) >= 11 is 6.17. The lowest BCUT2D eigenvalue weighted by Gasteiger charge is -2.38. The monoisotopic (exact) mass is 516 g/mol. The van der Waals surface area contributed by atoms with Crippen LogP contribution in [0.4, 0.5) is 0 Å². The average Bonchev–Trinajstić information content (AvgIpc) is 2.75. The third-order valence-corrected chi connectivity index (χ3v) is 8.21. The van der Waals surface area contributed by atoms with Crippen LogP contribution in [0.25, 0.3) is 5.57 Å². The van der Waals surface area contributed by atoms with Gasteiger partial charge in [-0.3, -0.25) is 9.59 Å². The van der Waals surface area contributed by atoms with E-state index in [1.807, 2.05) is 36.4 Å². The second-order valence-corrected chi connectivity index (χ2v) is 11.2. The van der Waals surface area contributed by atoms with E-state index < -0.39 is 34.0 Å². The van der Waals surface area contributed by atoms with Crippen molar-refractivity contribution >= 4 is 39.1 Å². The molecule has 1 aliphatic carbocycles. The minimum Gasteiger partial charge on any atom is -0.480 e. The topological polar surface area (TPSA) is 104 Å². The number of aliphatic carboxylic acids is 1. The van der Waals surface area contributed by atoms with E-state index in [9.17, 15) is 23.1 Å². The number of likely N-dealkylation sites (N-methyl/N-ethyl adjacent to an activating group) is 1. The Labute approximate surface area is 211 Å². The quantitative estimate of drug-likeness (QED) is 0.569.